The molecule has 0 aromatic heterocycles. The molecule has 0 aromatic carbocycles. The highest BCUT2D eigenvalue weighted by molar-refractivity contribution is 5.97. The highest BCUT2D eigenvalue weighted by Gasteiger charge is 2.21. The van der Waals surface area contributed by atoms with E-state index in [0.717, 1.165) is 0 Å². The van der Waals surface area contributed by atoms with E-state index in [1.165, 1.54) is 0 Å². The van der Waals surface area contributed by atoms with E-state index < -0.39 is 0 Å². The van der Waals surface area contributed by atoms with Crippen LogP contribution < -0.4 is 5.32 Å². The van der Waals surface area contributed by atoms with Gasteiger partial charge in [0.15, 0.2) is 6.04 Å². The van der Waals surface area contributed by atoms with Crippen molar-refractivity contribution < 1.29 is 4.79 Å². The maximum Gasteiger partial charge on any atom is 0.255 e. The van der Waals surface area contributed by atoms with Crippen LogP contribution in [0.2, 0.25) is 0 Å². The second kappa shape index (κ2) is 3.09. The lowest BCUT2D eigenvalue weighted by Gasteiger charge is -2.21. The van der Waals surface area contributed by atoms with E-state index in [1.54, 1.807) is 18.4 Å². The van der Waals surface area contributed by atoms with Gasteiger partial charge in [-0.15, -0.1) is 0 Å². The third kappa shape index (κ3) is 2.49. The second-order valence-electron chi connectivity index (χ2n) is 3.73. The number of amides is 1. The number of allylic oxidation sites excluding steroid dienone is 1. The SMILES string of the molecule is CC(C)(C)NC(=O)[C]1C=CC=N1. The van der Waals surface area contributed by atoms with Crippen LogP contribution in [0, 0.1) is 6.04 Å². The third-order valence-electron chi connectivity index (χ3n) is 1.27. The van der Waals surface area contributed by atoms with Crippen molar-refractivity contribution in [2.75, 3.05) is 0 Å². The lowest BCUT2D eigenvalue weighted by Crippen LogP contribution is -2.42. The molecular formula is C9H13N2O. The summed E-state index contributed by atoms with van der Waals surface area (Å²) in [4.78, 5) is 15.2. The third-order valence-corrected chi connectivity index (χ3v) is 1.27. The Kier molecular flexibility index (Phi) is 2.31. The molecule has 1 radical (unpaired) electrons. The van der Waals surface area contributed by atoms with Gasteiger partial charge in [-0.1, -0.05) is 0 Å². The van der Waals surface area contributed by atoms with Gasteiger partial charge in [0.25, 0.3) is 5.91 Å². The van der Waals surface area contributed by atoms with Gasteiger partial charge in [-0.3, -0.25) is 9.79 Å². The average molecular weight is 165 g/mol. The molecule has 0 saturated heterocycles. The Labute approximate surface area is 72.6 Å². The van der Waals surface area contributed by atoms with Crippen LogP contribution in [0.25, 0.3) is 0 Å². The van der Waals surface area contributed by atoms with Crippen molar-refractivity contribution in [3.8, 4) is 0 Å². The van der Waals surface area contributed by atoms with Crippen molar-refractivity contribution in [3.63, 3.8) is 0 Å². The van der Waals surface area contributed by atoms with Gasteiger partial charge in [0, 0.05) is 11.8 Å². The van der Waals surface area contributed by atoms with Gasteiger partial charge >= 0.3 is 0 Å². The van der Waals surface area contributed by atoms with Crippen LogP contribution in [-0.2, 0) is 4.79 Å². The minimum Gasteiger partial charge on any atom is -0.349 e. The molecule has 1 rings (SSSR count). The maximum atomic E-state index is 11.3. The van der Waals surface area contributed by atoms with Crippen molar-refractivity contribution in [1.82, 2.24) is 5.32 Å². The molecule has 1 heterocycles. The quantitative estimate of drug-likeness (QED) is 0.620. The zero-order valence-electron chi connectivity index (χ0n) is 7.59. The van der Waals surface area contributed by atoms with Gasteiger partial charge in [0.2, 0.25) is 0 Å². The lowest BCUT2D eigenvalue weighted by molar-refractivity contribution is -0.120. The topological polar surface area (TPSA) is 41.5 Å². The fourth-order valence-electron chi connectivity index (χ4n) is 0.839. The van der Waals surface area contributed by atoms with Gasteiger partial charge in [-0.25, -0.2) is 0 Å². The van der Waals surface area contributed by atoms with Gasteiger partial charge < -0.3 is 5.32 Å². The summed E-state index contributed by atoms with van der Waals surface area (Å²) in [6, 6.07) is 0.477. The molecule has 0 aliphatic carbocycles. The predicted octanol–water partition coefficient (Wildman–Crippen LogP) is 1.07. The minimum absolute atomic E-state index is 0.118. The monoisotopic (exact) mass is 165 g/mol. The molecule has 3 nitrogen and oxygen atoms in total. The Morgan fingerprint density at radius 2 is 2.17 bits per heavy atom. The van der Waals surface area contributed by atoms with Gasteiger partial charge in [0.05, 0.1) is 0 Å². The number of nitrogens with one attached hydrogen (secondary N) is 1. The highest BCUT2D eigenvalue weighted by atomic mass is 16.2. The minimum atomic E-state index is -0.198. The second-order valence-corrected chi connectivity index (χ2v) is 3.73. The van der Waals surface area contributed by atoms with E-state index in [4.69, 9.17) is 0 Å². The van der Waals surface area contributed by atoms with Crippen LogP contribution in [-0.4, -0.2) is 17.7 Å². The lowest BCUT2D eigenvalue weighted by atomic mass is 10.1. The largest absolute Gasteiger partial charge is 0.349 e. The summed E-state index contributed by atoms with van der Waals surface area (Å²) >= 11 is 0. The normalized spacial score (nSPS) is 16.9. The van der Waals surface area contributed by atoms with Crippen LogP contribution in [0.3, 0.4) is 0 Å². The first-order valence-electron chi connectivity index (χ1n) is 3.89. The summed E-state index contributed by atoms with van der Waals surface area (Å²) in [5, 5.41) is 2.82. The first-order chi connectivity index (χ1) is 5.49. The molecule has 65 valence electrons. The van der Waals surface area contributed by atoms with E-state index in [1.807, 2.05) is 20.8 Å². The van der Waals surface area contributed by atoms with Gasteiger partial charge in [0.1, 0.15) is 0 Å². The van der Waals surface area contributed by atoms with E-state index in [-0.39, 0.29) is 11.4 Å². The average Bonchev–Trinajstić information content (AvgIpc) is 2.32. The first-order valence-corrected chi connectivity index (χ1v) is 3.89. The summed E-state index contributed by atoms with van der Waals surface area (Å²) < 4.78 is 0. The first kappa shape index (κ1) is 8.97. The Balaban J connectivity index is 2.49. The molecule has 0 saturated carbocycles. The number of aliphatic imine (C=N–C) groups is 1. The molecule has 1 aliphatic heterocycles. The molecule has 1 amide bonds. The van der Waals surface area contributed by atoms with Crippen LogP contribution in [0.15, 0.2) is 17.1 Å². The molecule has 0 fully saturated rings. The smallest absolute Gasteiger partial charge is 0.255 e. The molecule has 1 aliphatic rings. The zero-order valence-corrected chi connectivity index (χ0v) is 7.59. The Morgan fingerprint density at radius 3 is 2.58 bits per heavy atom. The highest BCUT2D eigenvalue weighted by Crippen LogP contribution is 2.10. The number of carbonyl (C=O) groups excluding carboxylic acids is 1. The van der Waals surface area contributed by atoms with Crippen molar-refractivity contribution >= 4 is 12.1 Å². The Hall–Kier alpha value is -1.12. The number of rotatable bonds is 1. The molecule has 12 heavy (non-hydrogen) atoms. The molecular weight excluding hydrogens is 152 g/mol. The Bertz CT molecular complexity index is 223. The van der Waals surface area contributed by atoms with E-state index in [0.29, 0.717) is 6.04 Å². The van der Waals surface area contributed by atoms with E-state index in [9.17, 15) is 4.79 Å². The van der Waals surface area contributed by atoms with Crippen LogP contribution in [0.5, 0.6) is 0 Å². The molecule has 0 bridgehead atoms. The maximum absolute atomic E-state index is 11.3. The van der Waals surface area contributed by atoms with E-state index >= 15 is 0 Å². The molecule has 1 N–H and O–H groups in total. The van der Waals surface area contributed by atoms with E-state index in [2.05, 4.69) is 10.3 Å². The number of hydrogen-bond donors (Lipinski definition) is 1. The summed E-state index contributed by atoms with van der Waals surface area (Å²) in [6.45, 7) is 5.82. The van der Waals surface area contributed by atoms with Gasteiger partial charge in [-0.2, -0.15) is 0 Å². The molecule has 0 spiro atoms. The molecule has 0 aromatic rings. The van der Waals surface area contributed by atoms with Crippen molar-refractivity contribution in [1.29, 1.82) is 0 Å². The fourth-order valence-corrected chi connectivity index (χ4v) is 0.839. The predicted molar refractivity (Wildman–Crippen MR) is 48.8 cm³/mol. The molecule has 0 unspecified atom stereocenters. The fraction of sp³-hybridized carbons (Fsp3) is 0.444. The standard InChI is InChI=1S/C9H13N2O/c1-9(2,3)11-8(12)7-5-4-6-10-7/h4-6H,1-3H3,(H,11,12). The van der Waals surface area contributed by atoms with Crippen LogP contribution >= 0.6 is 0 Å². The zero-order chi connectivity index (χ0) is 9.19. The number of nitrogens with zero attached hydrogens (tertiary/aromatic N) is 1. The summed E-state index contributed by atoms with van der Waals surface area (Å²) in [5.41, 5.74) is -0.198. The van der Waals surface area contributed by atoms with Crippen molar-refractivity contribution in [3.05, 3.63) is 18.2 Å². The molecule has 0 atom stereocenters. The molecule has 3 heteroatoms. The summed E-state index contributed by atoms with van der Waals surface area (Å²) in [5.74, 6) is -0.118. The number of carbonyl (C=O) groups is 1. The van der Waals surface area contributed by atoms with Crippen molar-refractivity contribution in [2.45, 2.75) is 26.3 Å². The van der Waals surface area contributed by atoms with Crippen LogP contribution in [0.1, 0.15) is 20.8 Å². The van der Waals surface area contributed by atoms with Crippen LogP contribution in [0.4, 0.5) is 0 Å². The Morgan fingerprint density at radius 1 is 1.50 bits per heavy atom. The summed E-state index contributed by atoms with van der Waals surface area (Å²) in [7, 11) is 0. The van der Waals surface area contributed by atoms with Crippen molar-refractivity contribution in [2.24, 2.45) is 4.99 Å². The number of hydrogen-bond acceptors (Lipinski definition) is 2. The summed E-state index contributed by atoms with van der Waals surface area (Å²) in [6.07, 6.45) is 5.05. The van der Waals surface area contributed by atoms with Gasteiger partial charge in [-0.05, 0) is 32.9 Å².